The van der Waals surface area contributed by atoms with Crippen LogP contribution in [0.2, 0.25) is 0 Å². The topological polar surface area (TPSA) is 101 Å². The Kier molecular flexibility index (Phi) is 9.63. The number of halogens is 3. The summed E-state index contributed by atoms with van der Waals surface area (Å²) < 4.78 is 31.7. The first kappa shape index (κ1) is 27.4. The number of carbonyl (C=O) groups is 3. The summed E-state index contributed by atoms with van der Waals surface area (Å²) in [4.78, 5) is 35.4. The summed E-state index contributed by atoms with van der Waals surface area (Å²) in [5.41, 5.74) is 7.99. The van der Waals surface area contributed by atoms with Crippen molar-refractivity contribution in [1.29, 1.82) is 0 Å². The van der Waals surface area contributed by atoms with E-state index in [1.165, 1.54) is 5.56 Å². The third kappa shape index (κ3) is 9.21. The highest BCUT2D eigenvalue weighted by Gasteiger charge is 2.38. The molecular weight excluding hydrogens is 425 g/mol. The maximum atomic E-state index is 12.6. The molecule has 0 radical (unpaired) electrons. The summed E-state index contributed by atoms with van der Waals surface area (Å²) >= 11 is 0. The third-order valence-electron chi connectivity index (χ3n) is 4.75. The van der Waals surface area contributed by atoms with Crippen LogP contribution < -0.4 is 10.6 Å². The Morgan fingerprint density at radius 1 is 1.19 bits per heavy atom. The van der Waals surface area contributed by atoms with Crippen LogP contribution in [0.5, 0.6) is 0 Å². The number of nitrogens with zero attached hydrogens (tertiary/aromatic N) is 1. The van der Waals surface area contributed by atoms with Gasteiger partial charge in [-0.05, 0) is 48.8 Å². The Morgan fingerprint density at radius 3 is 2.25 bits per heavy atom. The molecule has 0 fully saturated rings. The van der Waals surface area contributed by atoms with E-state index in [9.17, 15) is 22.8 Å². The summed E-state index contributed by atoms with van der Waals surface area (Å²) in [5, 5.41) is 7.12. The summed E-state index contributed by atoms with van der Waals surface area (Å²) in [6.45, 7) is 8.85. The zero-order valence-corrected chi connectivity index (χ0v) is 18.8. The number of nitrogens with two attached hydrogens (primary N) is 1. The number of amides is 1. The van der Waals surface area contributed by atoms with E-state index < -0.39 is 18.2 Å². The van der Waals surface area contributed by atoms with E-state index in [0.29, 0.717) is 13.0 Å². The average molecular weight is 457 g/mol. The number of aliphatic carboxylic acids is 1. The molecule has 178 valence electrons. The van der Waals surface area contributed by atoms with Gasteiger partial charge in [-0.1, -0.05) is 45.0 Å². The molecule has 0 bridgehead atoms. The van der Waals surface area contributed by atoms with Crippen LogP contribution in [0.4, 0.5) is 18.9 Å². The van der Waals surface area contributed by atoms with Gasteiger partial charge in [-0.2, -0.15) is 13.2 Å². The van der Waals surface area contributed by atoms with Crippen molar-refractivity contribution in [1.82, 2.24) is 0 Å². The SMILES string of the molecule is C[C@H](N)C(=O)C[C@H](/C=C/C(=O)N1CCc2ccccc21)CC(C)(C)C.O=C(O)C(F)(F)F. The lowest BCUT2D eigenvalue weighted by molar-refractivity contribution is -0.192. The largest absolute Gasteiger partial charge is 0.490 e. The van der Waals surface area contributed by atoms with Gasteiger partial charge in [0.1, 0.15) is 5.78 Å². The first-order valence-corrected chi connectivity index (χ1v) is 10.3. The molecule has 0 aromatic heterocycles. The number of para-hydroxylation sites is 1. The van der Waals surface area contributed by atoms with Crippen LogP contribution in [-0.4, -0.2) is 41.5 Å². The summed E-state index contributed by atoms with van der Waals surface area (Å²) in [6.07, 6.45) is 0.563. The molecule has 2 atom stereocenters. The Labute approximate surface area is 186 Å². The minimum Gasteiger partial charge on any atom is -0.475 e. The minimum absolute atomic E-state index is 0.0166. The second kappa shape index (κ2) is 11.3. The Bertz CT molecular complexity index is 842. The monoisotopic (exact) mass is 456 g/mol. The highest BCUT2D eigenvalue weighted by atomic mass is 19.4. The van der Waals surface area contributed by atoms with E-state index in [2.05, 4.69) is 26.8 Å². The molecule has 32 heavy (non-hydrogen) atoms. The van der Waals surface area contributed by atoms with E-state index in [0.717, 1.165) is 18.5 Å². The van der Waals surface area contributed by atoms with Crippen LogP contribution in [0.25, 0.3) is 0 Å². The number of rotatable bonds is 6. The van der Waals surface area contributed by atoms with Gasteiger partial charge < -0.3 is 15.7 Å². The molecule has 2 rings (SSSR count). The van der Waals surface area contributed by atoms with Crippen molar-refractivity contribution in [3.8, 4) is 0 Å². The standard InChI is InChI=1S/C21H30N2O2.C2HF3O2/c1-15(22)19(24)13-16(14-21(2,3)4)9-10-20(25)23-12-11-17-7-5-6-8-18(17)23;3-2(4,5)1(6)7/h5-10,15-16H,11-14,22H2,1-4H3;(H,6,7)/b10-9+;/t15-,16-;/m0./s1. The van der Waals surface area contributed by atoms with E-state index in [1.54, 1.807) is 13.0 Å². The van der Waals surface area contributed by atoms with Crippen molar-refractivity contribution in [2.45, 2.75) is 59.2 Å². The number of carboxylic acid groups (broad SMARTS) is 1. The molecule has 0 saturated heterocycles. The lowest BCUT2D eigenvalue weighted by Crippen LogP contribution is -2.29. The fourth-order valence-electron chi connectivity index (χ4n) is 3.31. The van der Waals surface area contributed by atoms with Gasteiger partial charge in [0.25, 0.3) is 5.91 Å². The van der Waals surface area contributed by atoms with Gasteiger partial charge in [0, 0.05) is 18.7 Å². The van der Waals surface area contributed by atoms with Crippen LogP contribution in [-0.2, 0) is 20.8 Å². The number of fused-ring (bicyclic) bond motifs is 1. The van der Waals surface area contributed by atoms with Crippen molar-refractivity contribution in [2.24, 2.45) is 17.1 Å². The summed E-state index contributed by atoms with van der Waals surface area (Å²) in [6, 6.07) is 7.55. The molecule has 0 spiro atoms. The molecule has 1 aromatic carbocycles. The number of benzene rings is 1. The van der Waals surface area contributed by atoms with Gasteiger partial charge in [-0.3, -0.25) is 9.59 Å². The van der Waals surface area contributed by atoms with E-state index >= 15 is 0 Å². The summed E-state index contributed by atoms with van der Waals surface area (Å²) in [5.74, 6) is -2.71. The highest BCUT2D eigenvalue weighted by Crippen LogP contribution is 2.29. The van der Waals surface area contributed by atoms with Crippen molar-refractivity contribution >= 4 is 23.3 Å². The zero-order chi connectivity index (χ0) is 24.7. The van der Waals surface area contributed by atoms with E-state index in [4.69, 9.17) is 15.6 Å². The van der Waals surface area contributed by atoms with Gasteiger partial charge in [0.05, 0.1) is 6.04 Å². The van der Waals surface area contributed by atoms with Gasteiger partial charge >= 0.3 is 12.1 Å². The van der Waals surface area contributed by atoms with Crippen LogP contribution in [0.1, 0.15) is 46.1 Å². The van der Waals surface area contributed by atoms with Crippen molar-refractivity contribution in [3.05, 3.63) is 42.0 Å². The van der Waals surface area contributed by atoms with Crippen LogP contribution in [0.15, 0.2) is 36.4 Å². The van der Waals surface area contributed by atoms with Crippen LogP contribution in [0.3, 0.4) is 0 Å². The normalized spacial score (nSPS) is 15.6. The number of allylic oxidation sites excluding steroid dienone is 1. The highest BCUT2D eigenvalue weighted by molar-refractivity contribution is 6.02. The molecule has 0 unspecified atom stereocenters. The molecule has 1 heterocycles. The molecule has 3 N–H and O–H groups in total. The number of hydrogen-bond acceptors (Lipinski definition) is 4. The maximum absolute atomic E-state index is 12.6. The summed E-state index contributed by atoms with van der Waals surface area (Å²) in [7, 11) is 0. The Balaban J connectivity index is 0.000000633. The Hall–Kier alpha value is -2.68. The second-order valence-electron chi connectivity index (χ2n) is 9.01. The van der Waals surface area contributed by atoms with Gasteiger partial charge in [-0.15, -0.1) is 0 Å². The van der Waals surface area contributed by atoms with Crippen molar-refractivity contribution in [3.63, 3.8) is 0 Å². The van der Waals surface area contributed by atoms with Crippen molar-refractivity contribution in [2.75, 3.05) is 11.4 Å². The molecular formula is C23H31F3N2O4. The fraction of sp³-hybridized carbons (Fsp3) is 0.522. The third-order valence-corrected chi connectivity index (χ3v) is 4.75. The smallest absolute Gasteiger partial charge is 0.475 e. The molecule has 1 aliphatic heterocycles. The molecule has 0 aliphatic carbocycles. The number of ketones is 1. The van der Waals surface area contributed by atoms with E-state index in [1.807, 2.05) is 29.2 Å². The van der Waals surface area contributed by atoms with E-state index in [-0.39, 0.29) is 23.0 Å². The van der Waals surface area contributed by atoms with Gasteiger partial charge in [0.15, 0.2) is 0 Å². The minimum atomic E-state index is -5.08. The maximum Gasteiger partial charge on any atom is 0.490 e. The fourth-order valence-corrected chi connectivity index (χ4v) is 3.31. The molecule has 0 saturated carbocycles. The number of hydrogen-bond donors (Lipinski definition) is 2. The predicted molar refractivity (Wildman–Crippen MR) is 116 cm³/mol. The number of Topliss-reactive ketones (excluding diaryl/α,β-unsaturated/α-hetero) is 1. The Morgan fingerprint density at radius 2 is 1.75 bits per heavy atom. The molecule has 1 amide bonds. The number of carboxylic acids is 1. The first-order valence-electron chi connectivity index (χ1n) is 10.3. The van der Waals surface area contributed by atoms with Crippen molar-refractivity contribution < 1.29 is 32.7 Å². The zero-order valence-electron chi connectivity index (χ0n) is 18.8. The molecule has 1 aliphatic rings. The van der Waals surface area contributed by atoms with Crippen LogP contribution >= 0.6 is 0 Å². The average Bonchev–Trinajstić information content (AvgIpc) is 3.08. The van der Waals surface area contributed by atoms with Gasteiger partial charge in [0.2, 0.25) is 0 Å². The first-order chi connectivity index (χ1) is 14.6. The number of anilines is 1. The predicted octanol–water partition coefficient (Wildman–Crippen LogP) is 4.12. The molecule has 6 nitrogen and oxygen atoms in total. The second-order valence-corrected chi connectivity index (χ2v) is 9.01. The number of alkyl halides is 3. The molecule has 9 heteroatoms. The lowest BCUT2D eigenvalue weighted by atomic mass is 9.82. The number of carbonyl (C=O) groups excluding carboxylic acids is 2. The van der Waals surface area contributed by atoms with Gasteiger partial charge in [-0.25, -0.2) is 4.79 Å². The van der Waals surface area contributed by atoms with Crippen LogP contribution in [0, 0.1) is 11.3 Å². The quantitative estimate of drug-likeness (QED) is 0.627. The molecule has 1 aromatic rings. The lowest BCUT2D eigenvalue weighted by Gasteiger charge is -2.24.